The molecule has 46 heavy (non-hydrogen) atoms. The van der Waals surface area contributed by atoms with Gasteiger partial charge in [0.25, 0.3) is 11.8 Å². The minimum atomic E-state index is -0.184. The van der Waals surface area contributed by atoms with E-state index in [4.69, 9.17) is 0 Å². The van der Waals surface area contributed by atoms with Gasteiger partial charge in [0.2, 0.25) is 0 Å². The summed E-state index contributed by atoms with van der Waals surface area (Å²) < 4.78 is 0. The Labute approximate surface area is 278 Å². The summed E-state index contributed by atoms with van der Waals surface area (Å²) in [6, 6.07) is 17.8. The van der Waals surface area contributed by atoms with Crippen LogP contribution in [0.3, 0.4) is 0 Å². The van der Waals surface area contributed by atoms with Crippen molar-refractivity contribution in [2.75, 3.05) is 31.6 Å². The van der Waals surface area contributed by atoms with Crippen LogP contribution in [0.1, 0.15) is 88.1 Å². The number of aryl methyl sites for hydroxylation is 1. The van der Waals surface area contributed by atoms with Gasteiger partial charge < -0.3 is 20.4 Å². The van der Waals surface area contributed by atoms with Crippen LogP contribution in [0.2, 0.25) is 0 Å². The van der Waals surface area contributed by atoms with Gasteiger partial charge in [0.05, 0.1) is 6.54 Å². The lowest BCUT2D eigenvalue weighted by Crippen LogP contribution is -2.39. The number of rotatable bonds is 16. The highest BCUT2D eigenvalue weighted by Crippen LogP contribution is 2.22. The largest absolute Gasteiger partial charge is 0.372 e. The van der Waals surface area contributed by atoms with Gasteiger partial charge in [0.15, 0.2) is 0 Å². The van der Waals surface area contributed by atoms with Gasteiger partial charge in [-0.25, -0.2) is 4.98 Å². The Hall–Kier alpha value is -4.08. The molecule has 4 aromatic rings. The van der Waals surface area contributed by atoms with E-state index in [9.17, 15) is 9.59 Å². The molecule has 0 saturated carbocycles. The number of benzene rings is 2. The number of carbonyl (C=O) groups excluding carboxylic acids is 2. The second-order valence-electron chi connectivity index (χ2n) is 12.1. The van der Waals surface area contributed by atoms with Crippen molar-refractivity contribution in [2.45, 2.75) is 72.5 Å². The molecule has 0 bridgehead atoms. The number of nitrogens with one attached hydrogen (secondary N) is 2. The zero-order valence-corrected chi connectivity index (χ0v) is 28.9. The van der Waals surface area contributed by atoms with Crippen LogP contribution in [-0.4, -0.2) is 59.4 Å². The Balaban J connectivity index is 1.51. The SMILES string of the molecule is CCN(CC)c1cc(C(=O)N[C@H](CCNCc2cncc(C(C)C)c2)Cc2ccccc2)cc(C(=O)N(C)Cc2nc(C)cs2)c1. The Morgan fingerprint density at radius 2 is 1.70 bits per heavy atom. The summed E-state index contributed by atoms with van der Waals surface area (Å²) in [5, 5.41) is 9.71. The number of hydrogen-bond donors (Lipinski definition) is 2. The summed E-state index contributed by atoms with van der Waals surface area (Å²) in [7, 11) is 1.78. The van der Waals surface area contributed by atoms with Gasteiger partial charge in [-0.05, 0) is 81.0 Å². The van der Waals surface area contributed by atoms with Gasteiger partial charge in [0.1, 0.15) is 5.01 Å². The molecule has 0 aliphatic carbocycles. The van der Waals surface area contributed by atoms with E-state index in [0.717, 1.165) is 53.6 Å². The fraction of sp³-hybridized carbons (Fsp3) is 0.405. The molecule has 2 amide bonds. The van der Waals surface area contributed by atoms with Crippen molar-refractivity contribution in [3.63, 3.8) is 0 Å². The molecule has 0 aliphatic rings. The molecular formula is C37H48N6O2S. The molecule has 0 radical (unpaired) electrons. The number of thiazole rings is 1. The van der Waals surface area contributed by atoms with E-state index in [2.05, 4.69) is 71.4 Å². The molecule has 0 spiro atoms. The molecule has 2 aromatic heterocycles. The normalized spacial score (nSPS) is 11.8. The topological polar surface area (TPSA) is 90.5 Å². The maximum absolute atomic E-state index is 13.9. The lowest BCUT2D eigenvalue weighted by atomic mass is 10.0. The fourth-order valence-electron chi connectivity index (χ4n) is 5.43. The van der Waals surface area contributed by atoms with E-state index in [-0.39, 0.29) is 17.9 Å². The standard InChI is InChI=1S/C37H48N6O2S/c1-7-43(8-2)34-19-30(18-31(20-34)37(45)42(6)24-35-40-27(5)25-46-35)36(44)41-33(17-28-12-10-9-11-13-28)14-15-38-21-29-16-32(26(3)4)23-39-22-29/h9-13,16,18-20,22-23,25-26,33,38H,7-8,14-15,17,21,24H2,1-6H3,(H,41,44)/t33-/m1/s1. The number of pyridine rings is 1. The first-order chi connectivity index (χ1) is 22.2. The van der Waals surface area contributed by atoms with E-state index in [1.54, 1.807) is 29.4 Å². The van der Waals surface area contributed by atoms with Crippen molar-refractivity contribution >= 4 is 28.8 Å². The third-order valence-electron chi connectivity index (χ3n) is 8.08. The maximum atomic E-state index is 13.9. The van der Waals surface area contributed by atoms with Crippen LogP contribution < -0.4 is 15.5 Å². The van der Waals surface area contributed by atoms with Crippen LogP contribution >= 0.6 is 11.3 Å². The summed E-state index contributed by atoms with van der Waals surface area (Å²) in [5.74, 6) is 0.102. The molecule has 0 unspecified atom stereocenters. The molecule has 8 nitrogen and oxygen atoms in total. The number of amides is 2. The highest BCUT2D eigenvalue weighted by Gasteiger charge is 2.21. The Bertz CT molecular complexity index is 1570. The van der Waals surface area contributed by atoms with Crippen LogP contribution in [0.25, 0.3) is 0 Å². The first kappa shape index (κ1) is 34.8. The Kier molecular flexibility index (Phi) is 12.9. The molecule has 9 heteroatoms. The third kappa shape index (κ3) is 9.96. The third-order valence-corrected chi connectivity index (χ3v) is 9.03. The molecule has 2 N–H and O–H groups in total. The quantitative estimate of drug-likeness (QED) is 0.134. The second kappa shape index (κ2) is 17.0. The summed E-state index contributed by atoms with van der Waals surface area (Å²) in [6.45, 7) is 13.8. The molecule has 2 heterocycles. The number of nitrogens with zero attached hydrogens (tertiary/aromatic N) is 4. The number of carbonyl (C=O) groups is 2. The molecule has 1 atom stereocenters. The van der Waals surface area contributed by atoms with Crippen LogP contribution in [-0.2, 0) is 19.5 Å². The fourth-order valence-corrected chi connectivity index (χ4v) is 6.25. The van der Waals surface area contributed by atoms with Crippen molar-refractivity contribution in [2.24, 2.45) is 0 Å². The van der Waals surface area contributed by atoms with Crippen LogP contribution in [0.15, 0.2) is 72.4 Å². The van der Waals surface area contributed by atoms with Crippen LogP contribution in [0, 0.1) is 6.92 Å². The molecule has 4 rings (SSSR count). The van der Waals surface area contributed by atoms with Gasteiger partial charge in [0, 0.05) is 73.0 Å². The van der Waals surface area contributed by atoms with Crippen molar-refractivity contribution < 1.29 is 9.59 Å². The van der Waals surface area contributed by atoms with Crippen molar-refractivity contribution in [1.82, 2.24) is 25.5 Å². The Morgan fingerprint density at radius 1 is 0.957 bits per heavy atom. The molecule has 244 valence electrons. The van der Waals surface area contributed by atoms with Gasteiger partial charge >= 0.3 is 0 Å². The summed E-state index contributed by atoms with van der Waals surface area (Å²) in [4.78, 5) is 40.3. The number of hydrogen-bond acceptors (Lipinski definition) is 7. The lowest BCUT2D eigenvalue weighted by molar-refractivity contribution is 0.0785. The minimum Gasteiger partial charge on any atom is -0.372 e. The van der Waals surface area contributed by atoms with Gasteiger partial charge in [-0.3, -0.25) is 14.6 Å². The molecule has 2 aromatic carbocycles. The number of aromatic nitrogens is 2. The maximum Gasteiger partial charge on any atom is 0.254 e. The van der Waals surface area contributed by atoms with E-state index >= 15 is 0 Å². The predicted octanol–water partition coefficient (Wildman–Crippen LogP) is 6.61. The van der Waals surface area contributed by atoms with Gasteiger partial charge in [-0.2, -0.15) is 0 Å². The molecule has 0 aliphatic heterocycles. The zero-order chi connectivity index (χ0) is 33.1. The minimum absolute atomic E-state index is 0.102. The van der Waals surface area contributed by atoms with E-state index in [0.29, 0.717) is 36.6 Å². The van der Waals surface area contributed by atoms with Crippen molar-refractivity contribution in [3.8, 4) is 0 Å². The second-order valence-corrected chi connectivity index (χ2v) is 13.0. The highest BCUT2D eigenvalue weighted by molar-refractivity contribution is 7.09. The monoisotopic (exact) mass is 640 g/mol. The van der Waals surface area contributed by atoms with Gasteiger partial charge in [-0.1, -0.05) is 50.2 Å². The smallest absolute Gasteiger partial charge is 0.254 e. The molecule has 0 fully saturated rings. The molecular weight excluding hydrogens is 593 g/mol. The lowest BCUT2D eigenvalue weighted by Gasteiger charge is -2.24. The Morgan fingerprint density at radius 3 is 2.37 bits per heavy atom. The summed E-state index contributed by atoms with van der Waals surface area (Å²) in [5.41, 5.74) is 6.31. The summed E-state index contributed by atoms with van der Waals surface area (Å²) in [6.07, 6.45) is 5.28. The van der Waals surface area contributed by atoms with E-state index in [1.807, 2.05) is 55.0 Å². The summed E-state index contributed by atoms with van der Waals surface area (Å²) >= 11 is 1.54. The zero-order valence-electron chi connectivity index (χ0n) is 28.0. The van der Waals surface area contributed by atoms with Crippen molar-refractivity contribution in [1.29, 1.82) is 0 Å². The van der Waals surface area contributed by atoms with Crippen LogP contribution in [0.4, 0.5) is 5.69 Å². The molecule has 0 saturated heterocycles. The van der Waals surface area contributed by atoms with Crippen LogP contribution in [0.5, 0.6) is 0 Å². The van der Waals surface area contributed by atoms with E-state index in [1.165, 1.54) is 5.56 Å². The highest BCUT2D eigenvalue weighted by atomic mass is 32.1. The predicted molar refractivity (Wildman–Crippen MR) is 189 cm³/mol. The first-order valence-corrected chi connectivity index (χ1v) is 17.1. The average molecular weight is 641 g/mol. The number of anilines is 1. The first-order valence-electron chi connectivity index (χ1n) is 16.2. The van der Waals surface area contributed by atoms with Crippen molar-refractivity contribution in [3.05, 3.63) is 111 Å². The van der Waals surface area contributed by atoms with Gasteiger partial charge in [-0.15, -0.1) is 11.3 Å². The van der Waals surface area contributed by atoms with E-state index < -0.39 is 0 Å². The average Bonchev–Trinajstić information content (AvgIpc) is 3.47.